The van der Waals surface area contributed by atoms with E-state index in [1.165, 1.54) is 0 Å². The van der Waals surface area contributed by atoms with Crippen molar-refractivity contribution in [2.75, 3.05) is 31.7 Å². The highest BCUT2D eigenvalue weighted by atomic mass is 32.2. The number of nitrogens with zero attached hydrogens (tertiary/aromatic N) is 1. The van der Waals surface area contributed by atoms with Crippen molar-refractivity contribution in [2.45, 2.75) is 31.4 Å². The average molecular weight is 290 g/mol. The molecule has 0 aromatic heterocycles. The Morgan fingerprint density at radius 2 is 2.11 bits per heavy atom. The number of hydrogen-bond acceptors (Lipinski definition) is 5. The Labute approximate surface area is 117 Å². The minimum atomic E-state index is -0.961. The molecule has 1 aliphatic heterocycles. The zero-order chi connectivity index (χ0) is 14.3. The van der Waals surface area contributed by atoms with Crippen LogP contribution in [-0.4, -0.2) is 65.7 Å². The molecule has 0 bridgehead atoms. The second-order valence-corrected chi connectivity index (χ2v) is 5.60. The number of aliphatic carboxylic acids is 1. The molecule has 19 heavy (non-hydrogen) atoms. The van der Waals surface area contributed by atoms with Crippen LogP contribution in [0, 0.1) is 0 Å². The standard InChI is InChI=1S/C12H22N2O4S/c1-19-7-4-10(13)12(17)14-5-2-9(3-6-14)18-8-11(15)16/h9-10H,2-8,13H2,1H3,(H,15,16)/t10-/m1/s1. The van der Waals surface area contributed by atoms with E-state index in [1.807, 2.05) is 6.26 Å². The zero-order valence-electron chi connectivity index (χ0n) is 11.2. The number of nitrogens with two attached hydrogens (primary N) is 1. The topological polar surface area (TPSA) is 92.9 Å². The third-order valence-electron chi connectivity index (χ3n) is 3.15. The van der Waals surface area contributed by atoms with Crippen LogP contribution in [0.5, 0.6) is 0 Å². The molecule has 0 aromatic rings. The molecule has 1 heterocycles. The van der Waals surface area contributed by atoms with E-state index in [0.717, 1.165) is 5.75 Å². The molecule has 0 spiro atoms. The minimum Gasteiger partial charge on any atom is -0.480 e. The molecule has 0 radical (unpaired) electrons. The summed E-state index contributed by atoms with van der Waals surface area (Å²) >= 11 is 1.68. The molecular formula is C12H22N2O4S. The van der Waals surface area contributed by atoms with Crippen molar-refractivity contribution in [3.05, 3.63) is 0 Å². The van der Waals surface area contributed by atoms with Crippen LogP contribution in [0.2, 0.25) is 0 Å². The molecule has 110 valence electrons. The van der Waals surface area contributed by atoms with Crippen molar-refractivity contribution >= 4 is 23.6 Å². The fourth-order valence-electron chi connectivity index (χ4n) is 2.03. The van der Waals surface area contributed by atoms with E-state index in [-0.39, 0.29) is 18.6 Å². The predicted molar refractivity (Wildman–Crippen MR) is 74.2 cm³/mol. The first-order valence-electron chi connectivity index (χ1n) is 6.41. The highest BCUT2D eigenvalue weighted by Gasteiger charge is 2.26. The van der Waals surface area contributed by atoms with E-state index in [9.17, 15) is 9.59 Å². The van der Waals surface area contributed by atoms with Crippen molar-refractivity contribution in [1.29, 1.82) is 0 Å². The first-order valence-corrected chi connectivity index (χ1v) is 7.80. The Hall–Kier alpha value is -0.790. The van der Waals surface area contributed by atoms with Gasteiger partial charge in [-0.1, -0.05) is 0 Å². The third kappa shape index (κ3) is 5.80. The lowest BCUT2D eigenvalue weighted by atomic mass is 10.1. The Morgan fingerprint density at radius 3 is 2.63 bits per heavy atom. The monoisotopic (exact) mass is 290 g/mol. The van der Waals surface area contributed by atoms with Gasteiger partial charge >= 0.3 is 5.97 Å². The SMILES string of the molecule is CSCC[C@@H](N)C(=O)N1CCC(OCC(=O)O)CC1. The van der Waals surface area contributed by atoms with Crippen LogP contribution >= 0.6 is 11.8 Å². The quantitative estimate of drug-likeness (QED) is 0.694. The molecule has 0 aliphatic carbocycles. The van der Waals surface area contributed by atoms with E-state index in [1.54, 1.807) is 16.7 Å². The van der Waals surface area contributed by atoms with Gasteiger partial charge in [-0.3, -0.25) is 4.79 Å². The number of carbonyl (C=O) groups is 2. The van der Waals surface area contributed by atoms with E-state index in [0.29, 0.717) is 32.4 Å². The molecule has 1 atom stereocenters. The lowest BCUT2D eigenvalue weighted by molar-refractivity contribution is -0.147. The number of amides is 1. The highest BCUT2D eigenvalue weighted by Crippen LogP contribution is 2.15. The molecule has 0 unspecified atom stereocenters. The van der Waals surface area contributed by atoms with Crippen molar-refractivity contribution in [2.24, 2.45) is 5.73 Å². The van der Waals surface area contributed by atoms with E-state index < -0.39 is 12.0 Å². The molecule has 1 fully saturated rings. The molecular weight excluding hydrogens is 268 g/mol. The summed E-state index contributed by atoms with van der Waals surface area (Å²) in [5, 5.41) is 8.53. The van der Waals surface area contributed by atoms with Gasteiger partial charge < -0.3 is 20.5 Å². The number of rotatable bonds is 7. The number of carbonyl (C=O) groups excluding carboxylic acids is 1. The highest BCUT2D eigenvalue weighted by molar-refractivity contribution is 7.98. The van der Waals surface area contributed by atoms with Gasteiger partial charge in [0, 0.05) is 13.1 Å². The van der Waals surface area contributed by atoms with Gasteiger partial charge in [0.2, 0.25) is 5.91 Å². The van der Waals surface area contributed by atoms with Crippen LogP contribution in [0.1, 0.15) is 19.3 Å². The lowest BCUT2D eigenvalue weighted by Gasteiger charge is -2.33. The molecule has 3 N–H and O–H groups in total. The molecule has 1 saturated heterocycles. The molecule has 0 aromatic carbocycles. The van der Waals surface area contributed by atoms with Crippen LogP contribution in [-0.2, 0) is 14.3 Å². The Kier molecular flexibility index (Phi) is 7.19. The van der Waals surface area contributed by atoms with Crippen LogP contribution < -0.4 is 5.73 Å². The molecule has 1 aliphatic rings. The number of likely N-dealkylation sites (tertiary alicyclic amines) is 1. The maximum Gasteiger partial charge on any atom is 0.329 e. The van der Waals surface area contributed by atoms with Crippen LogP contribution in [0.3, 0.4) is 0 Å². The number of ether oxygens (including phenoxy) is 1. The Balaban J connectivity index is 2.28. The van der Waals surface area contributed by atoms with Crippen LogP contribution in [0.15, 0.2) is 0 Å². The summed E-state index contributed by atoms with van der Waals surface area (Å²) < 4.78 is 5.23. The first-order chi connectivity index (χ1) is 9.04. The van der Waals surface area contributed by atoms with Gasteiger partial charge in [0.05, 0.1) is 12.1 Å². The number of carboxylic acids is 1. The lowest BCUT2D eigenvalue weighted by Crippen LogP contribution is -2.48. The molecule has 7 heteroatoms. The van der Waals surface area contributed by atoms with Gasteiger partial charge in [-0.05, 0) is 31.3 Å². The van der Waals surface area contributed by atoms with E-state index in [4.69, 9.17) is 15.6 Å². The van der Waals surface area contributed by atoms with Gasteiger partial charge in [0.25, 0.3) is 0 Å². The van der Waals surface area contributed by atoms with Crippen molar-refractivity contribution in [3.8, 4) is 0 Å². The average Bonchev–Trinajstić information content (AvgIpc) is 2.42. The molecule has 1 amide bonds. The second kappa shape index (κ2) is 8.39. The smallest absolute Gasteiger partial charge is 0.329 e. The maximum atomic E-state index is 12.0. The molecule has 6 nitrogen and oxygen atoms in total. The molecule has 0 saturated carbocycles. The first kappa shape index (κ1) is 16.3. The number of piperidine rings is 1. The summed E-state index contributed by atoms with van der Waals surface area (Å²) in [4.78, 5) is 24.2. The van der Waals surface area contributed by atoms with Crippen molar-refractivity contribution < 1.29 is 19.4 Å². The number of thioether (sulfide) groups is 1. The van der Waals surface area contributed by atoms with Gasteiger partial charge in [-0.15, -0.1) is 0 Å². The third-order valence-corrected chi connectivity index (χ3v) is 3.79. The second-order valence-electron chi connectivity index (χ2n) is 4.62. The van der Waals surface area contributed by atoms with Crippen molar-refractivity contribution in [3.63, 3.8) is 0 Å². The fourth-order valence-corrected chi connectivity index (χ4v) is 2.52. The largest absolute Gasteiger partial charge is 0.480 e. The predicted octanol–water partition coefficient (Wildman–Crippen LogP) is 0.159. The van der Waals surface area contributed by atoms with Crippen LogP contribution in [0.4, 0.5) is 0 Å². The summed E-state index contributed by atoms with van der Waals surface area (Å²) in [6.07, 6.45) is 3.96. The summed E-state index contributed by atoms with van der Waals surface area (Å²) in [6.45, 7) is 0.915. The van der Waals surface area contributed by atoms with Crippen molar-refractivity contribution in [1.82, 2.24) is 4.90 Å². The number of carboxylic acid groups (broad SMARTS) is 1. The summed E-state index contributed by atoms with van der Waals surface area (Å²) in [6, 6.07) is -0.427. The number of hydrogen-bond donors (Lipinski definition) is 2. The molecule has 1 rings (SSSR count). The summed E-state index contributed by atoms with van der Waals surface area (Å²) in [7, 11) is 0. The normalized spacial score (nSPS) is 18.3. The van der Waals surface area contributed by atoms with Gasteiger partial charge in [0.15, 0.2) is 0 Å². The van der Waals surface area contributed by atoms with Gasteiger partial charge in [-0.2, -0.15) is 11.8 Å². The van der Waals surface area contributed by atoms with E-state index >= 15 is 0 Å². The minimum absolute atomic E-state index is 0.00858. The van der Waals surface area contributed by atoms with E-state index in [2.05, 4.69) is 0 Å². The fraction of sp³-hybridized carbons (Fsp3) is 0.833. The Bertz CT molecular complexity index is 306. The summed E-state index contributed by atoms with van der Waals surface area (Å²) in [5.41, 5.74) is 5.85. The van der Waals surface area contributed by atoms with Crippen LogP contribution in [0.25, 0.3) is 0 Å². The maximum absolute atomic E-state index is 12.0. The Morgan fingerprint density at radius 1 is 1.47 bits per heavy atom. The summed E-state index contributed by atoms with van der Waals surface area (Å²) in [5.74, 6) is -0.0891. The zero-order valence-corrected chi connectivity index (χ0v) is 12.0. The van der Waals surface area contributed by atoms with Gasteiger partial charge in [-0.25, -0.2) is 4.79 Å². The van der Waals surface area contributed by atoms with Gasteiger partial charge in [0.1, 0.15) is 6.61 Å².